The fourth-order valence-electron chi connectivity index (χ4n) is 2.28. The number of rotatable bonds is 6. The van der Waals surface area contributed by atoms with Crippen molar-refractivity contribution < 1.29 is 18.8 Å². The topological polar surface area (TPSA) is 55.8 Å². The molecule has 1 rings (SSSR count). The van der Waals surface area contributed by atoms with Crippen LogP contribution >= 0.6 is 0 Å². The number of nitrogens with zero attached hydrogens (tertiary/aromatic N) is 1. The van der Waals surface area contributed by atoms with E-state index in [1.807, 2.05) is 0 Å². The van der Waals surface area contributed by atoms with Crippen LogP contribution in [0.5, 0.6) is 0 Å². The van der Waals surface area contributed by atoms with Crippen molar-refractivity contribution in [2.45, 2.75) is 57.5 Å². The van der Waals surface area contributed by atoms with Crippen molar-refractivity contribution in [1.29, 1.82) is 0 Å². The van der Waals surface area contributed by atoms with Gasteiger partial charge in [-0.15, -0.1) is 0 Å². The molecule has 0 spiro atoms. The fourth-order valence-corrected chi connectivity index (χ4v) is 3.64. The van der Waals surface area contributed by atoms with Crippen LogP contribution in [0.2, 0.25) is 18.1 Å². The monoisotopic (exact) mass is 339 g/mol. The van der Waals surface area contributed by atoms with Gasteiger partial charge in [0.05, 0.1) is 12.1 Å². The maximum absolute atomic E-state index is 12.2. The molecule has 1 saturated heterocycles. The van der Waals surface area contributed by atoms with Gasteiger partial charge in [0.25, 0.3) is 0 Å². The van der Waals surface area contributed by atoms with Crippen molar-refractivity contribution in [2.24, 2.45) is 0 Å². The number of hydrogen-bond donors (Lipinski definition) is 0. The zero-order chi connectivity index (χ0) is 17.7. The lowest BCUT2D eigenvalue weighted by molar-refractivity contribution is -0.104. The Labute approximate surface area is 140 Å². The van der Waals surface area contributed by atoms with Gasteiger partial charge in [0.1, 0.15) is 12.9 Å². The molecule has 0 aromatic carbocycles. The summed E-state index contributed by atoms with van der Waals surface area (Å²) in [4.78, 5) is 24.4. The first-order chi connectivity index (χ1) is 10.6. The van der Waals surface area contributed by atoms with Gasteiger partial charge in [-0.1, -0.05) is 39.5 Å². The number of allylic oxidation sites excluding steroid dienone is 1. The molecule has 0 unspecified atom stereocenters. The SMILES string of the molecule is C=CCOC(=O)N1C[C@H](O[Si](C)(C)C(C)(C)C)C[C@H]1C=CC=O. The first kappa shape index (κ1) is 19.6. The van der Waals surface area contributed by atoms with Crippen LogP contribution in [-0.2, 0) is 14.0 Å². The Morgan fingerprint density at radius 2 is 2.04 bits per heavy atom. The molecule has 1 aliphatic heterocycles. The summed E-state index contributed by atoms with van der Waals surface area (Å²) in [7, 11) is -1.91. The van der Waals surface area contributed by atoms with Gasteiger partial charge in [-0.25, -0.2) is 4.79 Å². The van der Waals surface area contributed by atoms with Gasteiger partial charge < -0.3 is 9.16 Å². The maximum Gasteiger partial charge on any atom is 0.410 e. The molecule has 23 heavy (non-hydrogen) atoms. The van der Waals surface area contributed by atoms with Crippen LogP contribution in [0.1, 0.15) is 27.2 Å². The van der Waals surface area contributed by atoms with Crippen molar-refractivity contribution in [3.8, 4) is 0 Å². The van der Waals surface area contributed by atoms with Gasteiger partial charge in [-0.3, -0.25) is 9.69 Å². The van der Waals surface area contributed by atoms with Crippen LogP contribution in [0.4, 0.5) is 4.79 Å². The number of likely N-dealkylation sites (tertiary alicyclic amines) is 1. The maximum atomic E-state index is 12.2. The van der Waals surface area contributed by atoms with Gasteiger partial charge in [0.15, 0.2) is 8.32 Å². The van der Waals surface area contributed by atoms with Crippen LogP contribution in [0.25, 0.3) is 0 Å². The Morgan fingerprint density at radius 1 is 1.39 bits per heavy atom. The Balaban J connectivity index is 2.83. The molecule has 0 aliphatic carbocycles. The summed E-state index contributed by atoms with van der Waals surface area (Å²) >= 11 is 0. The molecular formula is C17H29NO4Si. The van der Waals surface area contributed by atoms with E-state index in [1.165, 1.54) is 12.2 Å². The summed E-state index contributed by atoms with van der Waals surface area (Å²) in [5, 5.41) is 0.109. The van der Waals surface area contributed by atoms with E-state index in [2.05, 4.69) is 40.4 Å². The molecule has 0 saturated carbocycles. The van der Waals surface area contributed by atoms with Gasteiger partial charge >= 0.3 is 6.09 Å². The van der Waals surface area contributed by atoms with Crippen LogP contribution < -0.4 is 0 Å². The van der Waals surface area contributed by atoms with Gasteiger partial charge in [0.2, 0.25) is 0 Å². The lowest BCUT2D eigenvalue weighted by Crippen LogP contribution is -2.44. The van der Waals surface area contributed by atoms with E-state index in [0.29, 0.717) is 13.0 Å². The summed E-state index contributed by atoms with van der Waals surface area (Å²) in [6, 6.07) is -0.174. The zero-order valence-electron chi connectivity index (χ0n) is 14.9. The van der Waals surface area contributed by atoms with E-state index in [9.17, 15) is 9.59 Å². The third-order valence-corrected chi connectivity index (χ3v) is 9.08. The summed E-state index contributed by atoms with van der Waals surface area (Å²) < 4.78 is 11.5. The highest BCUT2D eigenvalue weighted by molar-refractivity contribution is 6.74. The molecule has 0 radical (unpaired) electrons. The van der Waals surface area contributed by atoms with Crippen LogP contribution in [0.15, 0.2) is 24.8 Å². The summed E-state index contributed by atoms with van der Waals surface area (Å²) in [6.45, 7) is 15.2. The molecule has 0 N–H and O–H groups in total. The van der Waals surface area contributed by atoms with Gasteiger partial charge in [0, 0.05) is 6.54 Å². The summed E-state index contributed by atoms with van der Waals surface area (Å²) in [5.41, 5.74) is 0. The third-order valence-electron chi connectivity index (χ3n) is 4.54. The smallest absolute Gasteiger partial charge is 0.410 e. The van der Waals surface area contributed by atoms with Crippen molar-refractivity contribution in [1.82, 2.24) is 4.90 Å². The molecule has 0 bridgehead atoms. The summed E-state index contributed by atoms with van der Waals surface area (Å²) in [6.07, 6.45) is 5.66. The number of carbonyl (C=O) groups is 2. The number of hydrogen-bond acceptors (Lipinski definition) is 4. The zero-order valence-corrected chi connectivity index (χ0v) is 15.9. The molecule has 5 nitrogen and oxygen atoms in total. The van der Waals surface area contributed by atoms with Crippen LogP contribution in [-0.4, -0.2) is 50.9 Å². The van der Waals surface area contributed by atoms with E-state index in [-0.39, 0.29) is 23.8 Å². The molecule has 130 valence electrons. The van der Waals surface area contributed by atoms with E-state index in [4.69, 9.17) is 9.16 Å². The largest absolute Gasteiger partial charge is 0.445 e. The second-order valence-electron chi connectivity index (χ2n) is 7.34. The fraction of sp³-hybridized carbons (Fsp3) is 0.647. The first-order valence-electron chi connectivity index (χ1n) is 7.96. The van der Waals surface area contributed by atoms with Crippen LogP contribution in [0.3, 0.4) is 0 Å². The molecule has 2 atom stereocenters. The highest BCUT2D eigenvalue weighted by atomic mass is 28.4. The number of aldehydes is 1. The second kappa shape index (κ2) is 7.92. The van der Waals surface area contributed by atoms with Crippen molar-refractivity contribution in [3.63, 3.8) is 0 Å². The predicted molar refractivity (Wildman–Crippen MR) is 93.9 cm³/mol. The minimum Gasteiger partial charge on any atom is -0.445 e. The molecule has 6 heteroatoms. The Morgan fingerprint density at radius 3 is 2.57 bits per heavy atom. The molecule has 1 aliphatic rings. The van der Waals surface area contributed by atoms with E-state index in [0.717, 1.165) is 6.29 Å². The third kappa shape index (κ3) is 5.32. The molecule has 0 aromatic heterocycles. The molecular weight excluding hydrogens is 310 g/mol. The first-order valence-corrected chi connectivity index (χ1v) is 10.9. The van der Waals surface area contributed by atoms with E-state index in [1.54, 1.807) is 11.0 Å². The summed E-state index contributed by atoms with van der Waals surface area (Å²) in [5.74, 6) is 0. The van der Waals surface area contributed by atoms with Crippen molar-refractivity contribution in [2.75, 3.05) is 13.2 Å². The quantitative estimate of drug-likeness (QED) is 0.321. The highest BCUT2D eigenvalue weighted by Gasteiger charge is 2.43. The second-order valence-corrected chi connectivity index (χ2v) is 12.1. The molecule has 1 fully saturated rings. The number of carbonyl (C=O) groups excluding carboxylic acids is 2. The minimum absolute atomic E-state index is 0.0338. The normalized spacial score (nSPS) is 22.4. The lowest BCUT2D eigenvalue weighted by atomic mass is 10.2. The molecule has 1 heterocycles. The lowest BCUT2D eigenvalue weighted by Gasteiger charge is -2.38. The molecule has 0 aromatic rings. The predicted octanol–water partition coefficient (Wildman–Crippen LogP) is 3.53. The Hall–Kier alpha value is -1.40. The van der Waals surface area contributed by atoms with Crippen molar-refractivity contribution in [3.05, 3.63) is 24.8 Å². The Bertz CT molecular complexity index is 468. The standard InChI is InChI=1S/C17H29NO4Si/c1-7-11-21-16(20)18-13-15(12-14(18)9-8-10-19)22-23(5,6)17(2,3)4/h7-10,14-15H,1,11-13H2,2-6H3/t14-,15-/m1/s1. The average Bonchev–Trinajstić information content (AvgIpc) is 2.83. The van der Waals surface area contributed by atoms with Gasteiger partial charge in [-0.05, 0) is 30.6 Å². The molecule has 1 amide bonds. The van der Waals surface area contributed by atoms with Crippen molar-refractivity contribution >= 4 is 20.7 Å². The van der Waals surface area contributed by atoms with Gasteiger partial charge in [-0.2, -0.15) is 0 Å². The van der Waals surface area contributed by atoms with E-state index < -0.39 is 14.4 Å². The Kier molecular flexibility index (Phi) is 6.77. The average molecular weight is 340 g/mol. The van der Waals surface area contributed by atoms with Crippen LogP contribution in [0, 0.1) is 0 Å². The van der Waals surface area contributed by atoms with E-state index >= 15 is 0 Å². The highest BCUT2D eigenvalue weighted by Crippen LogP contribution is 2.39. The number of ether oxygens (including phenoxy) is 1. The number of amides is 1. The minimum atomic E-state index is -1.91.